The number of hydrogen-bond donors (Lipinski definition) is 4. The molecule has 0 saturated carbocycles. The van der Waals surface area contributed by atoms with Crippen LogP contribution in [0.25, 0.3) is 0 Å². The van der Waals surface area contributed by atoms with E-state index in [1.165, 1.54) is 0 Å². The molecule has 0 aliphatic carbocycles. The van der Waals surface area contributed by atoms with Crippen molar-refractivity contribution in [3.8, 4) is 0 Å². The molecule has 0 rings (SSSR count). The molecule has 5 nitrogen and oxygen atoms in total. The molecule has 16 heavy (non-hydrogen) atoms. The fourth-order valence-electron chi connectivity index (χ4n) is 0.799. The molecule has 0 spiro atoms. The van der Waals surface area contributed by atoms with E-state index >= 15 is 0 Å². The maximum atomic E-state index is 9.90. The van der Waals surface area contributed by atoms with Crippen LogP contribution in [0.2, 0.25) is 0 Å². The molecule has 0 fully saturated rings. The van der Waals surface area contributed by atoms with Crippen molar-refractivity contribution >= 4 is 6.41 Å². The summed E-state index contributed by atoms with van der Waals surface area (Å²) in [4.78, 5) is 9.90. The summed E-state index contributed by atoms with van der Waals surface area (Å²) in [7, 11) is 0. The van der Waals surface area contributed by atoms with Crippen molar-refractivity contribution in [2.45, 2.75) is 51.6 Å². The number of hydrogen-bond acceptors (Lipinski definition) is 4. The van der Waals surface area contributed by atoms with Gasteiger partial charge in [-0.05, 0) is 40.5 Å². The first kappa shape index (κ1) is 17.7. The van der Waals surface area contributed by atoms with Gasteiger partial charge in [-0.25, -0.2) is 0 Å². The molecule has 0 aliphatic rings. The van der Waals surface area contributed by atoms with E-state index in [-0.39, 0.29) is 24.3 Å². The molecule has 0 atom stereocenters. The van der Waals surface area contributed by atoms with E-state index in [9.17, 15) is 4.79 Å². The number of rotatable bonds is 6. The van der Waals surface area contributed by atoms with Crippen molar-refractivity contribution in [3.63, 3.8) is 0 Å². The summed E-state index contributed by atoms with van der Waals surface area (Å²) in [5, 5.41) is 19.4. The van der Waals surface area contributed by atoms with Crippen LogP contribution in [-0.2, 0) is 4.79 Å². The maximum Gasteiger partial charge on any atom is 0.207 e. The second-order valence-electron chi connectivity index (χ2n) is 5.08. The highest BCUT2D eigenvalue weighted by Gasteiger charge is 2.13. The van der Waals surface area contributed by atoms with Gasteiger partial charge in [0.25, 0.3) is 0 Å². The molecule has 0 aromatic rings. The van der Waals surface area contributed by atoms with E-state index in [1.54, 1.807) is 0 Å². The van der Waals surface area contributed by atoms with Crippen molar-refractivity contribution < 1.29 is 15.0 Å². The molecule has 98 valence electrons. The first-order valence-corrected chi connectivity index (χ1v) is 5.40. The van der Waals surface area contributed by atoms with Crippen molar-refractivity contribution in [1.82, 2.24) is 5.32 Å². The topological polar surface area (TPSA) is 95.6 Å². The number of aliphatic hydroxyl groups is 2. The van der Waals surface area contributed by atoms with Gasteiger partial charge in [0.05, 0.1) is 0 Å². The van der Waals surface area contributed by atoms with Crippen LogP contribution in [0.3, 0.4) is 0 Å². The van der Waals surface area contributed by atoms with Crippen molar-refractivity contribution in [1.29, 1.82) is 0 Å². The summed E-state index contributed by atoms with van der Waals surface area (Å²) in [5.74, 6) is 0. The Morgan fingerprint density at radius 2 is 1.56 bits per heavy atom. The maximum absolute atomic E-state index is 9.90. The molecule has 0 aromatic heterocycles. The SMILES string of the molecule is CC(C)(CCO)NC=O.CC(C)(N)CCO. The summed E-state index contributed by atoms with van der Waals surface area (Å²) in [6.07, 6.45) is 1.91. The van der Waals surface area contributed by atoms with Crippen LogP contribution in [0, 0.1) is 0 Å². The quantitative estimate of drug-likeness (QED) is 0.486. The third kappa shape index (κ3) is 15.8. The molecule has 0 bridgehead atoms. The van der Waals surface area contributed by atoms with Gasteiger partial charge in [0.2, 0.25) is 6.41 Å². The van der Waals surface area contributed by atoms with E-state index < -0.39 is 0 Å². The van der Waals surface area contributed by atoms with E-state index in [4.69, 9.17) is 15.9 Å². The number of amides is 1. The predicted octanol–water partition coefficient (Wildman–Crippen LogP) is -0.000500. The average Bonchev–Trinajstić information content (AvgIpc) is 2.01. The minimum atomic E-state index is -0.267. The van der Waals surface area contributed by atoms with Gasteiger partial charge in [-0.15, -0.1) is 0 Å². The van der Waals surface area contributed by atoms with Gasteiger partial charge in [-0.2, -0.15) is 0 Å². The molecular formula is C11H26N2O3. The normalized spacial score (nSPS) is 11.4. The standard InChI is InChI=1S/C6H13NO2.C5H13NO/c1-6(2,3-4-8)7-5-9;1-5(2,6)3-4-7/h5,8H,3-4H2,1-2H3,(H,7,9);7H,3-4,6H2,1-2H3. The van der Waals surface area contributed by atoms with Crippen LogP contribution in [0.5, 0.6) is 0 Å². The Morgan fingerprint density at radius 3 is 1.75 bits per heavy atom. The van der Waals surface area contributed by atoms with E-state index in [1.807, 2.05) is 27.7 Å². The smallest absolute Gasteiger partial charge is 0.207 e. The minimum Gasteiger partial charge on any atom is -0.396 e. The Morgan fingerprint density at radius 1 is 1.12 bits per heavy atom. The van der Waals surface area contributed by atoms with Gasteiger partial charge < -0.3 is 21.3 Å². The summed E-state index contributed by atoms with van der Waals surface area (Å²) in [5.41, 5.74) is 5.02. The number of nitrogens with two attached hydrogens (primary N) is 1. The zero-order valence-electron chi connectivity index (χ0n) is 10.8. The van der Waals surface area contributed by atoms with Crippen LogP contribution in [0.15, 0.2) is 0 Å². The summed E-state index contributed by atoms with van der Waals surface area (Å²) >= 11 is 0. The van der Waals surface area contributed by atoms with Crippen molar-refractivity contribution in [2.24, 2.45) is 5.73 Å². The van der Waals surface area contributed by atoms with Crippen LogP contribution < -0.4 is 11.1 Å². The lowest BCUT2D eigenvalue weighted by atomic mass is 10.0. The highest BCUT2D eigenvalue weighted by molar-refractivity contribution is 5.47. The molecule has 0 aliphatic heterocycles. The van der Waals surface area contributed by atoms with E-state index in [0.29, 0.717) is 19.3 Å². The molecule has 5 heteroatoms. The molecule has 1 amide bonds. The fourth-order valence-corrected chi connectivity index (χ4v) is 0.799. The van der Waals surface area contributed by atoms with Crippen LogP contribution in [-0.4, -0.2) is 40.9 Å². The van der Waals surface area contributed by atoms with E-state index in [2.05, 4.69) is 5.32 Å². The van der Waals surface area contributed by atoms with Gasteiger partial charge in [0.1, 0.15) is 0 Å². The first-order valence-electron chi connectivity index (χ1n) is 5.40. The lowest BCUT2D eigenvalue weighted by molar-refractivity contribution is -0.111. The van der Waals surface area contributed by atoms with Gasteiger partial charge in [-0.3, -0.25) is 4.79 Å². The van der Waals surface area contributed by atoms with E-state index in [0.717, 1.165) is 0 Å². The Hall–Kier alpha value is -0.650. The second kappa shape index (κ2) is 8.50. The average molecular weight is 234 g/mol. The first-order chi connectivity index (χ1) is 7.18. The fraction of sp³-hybridized carbons (Fsp3) is 0.909. The molecule has 0 radical (unpaired) electrons. The summed E-state index contributed by atoms with van der Waals surface area (Å²) < 4.78 is 0. The molecule has 0 saturated heterocycles. The number of carbonyl (C=O) groups excluding carboxylic acids is 1. The monoisotopic (exact) mass is 234 g/mol. The third-order valence-electron chi connectivity index (χ3n) is 1.94. The largest absolute Gasteiger partial charge is 0.396 e. The van der Waals surface area contributed by atoms with Gasteiger partial charge in [0, 0.05) is 24.3 Å². The van der Waals surface area contributed by atoms with Crippen LogP contribution >= 0.6 is 0 Å². The second-order valence-corrected chi connectivity index (χ2v) is 5.08. The van der Waals surface area contributed by atoms with Crippen LogP contribution in [0.1, 0.15) is 40.5 Å². The lowest BCUT2D eigenvalue weighted by Gasteiger charge is -2.21. The minimum absolute atomic E-state index is 0.105. The molecular weight excluding hydrogens is 208 g/mol. The number of aliphatic hydroxyl groups excluding tert-OH is 2. The highest BCUT2D eigenvalue weighted by Crippen LogP contribution is 2.04. The van der Waals surface area contributed by atoms with Gasteiger partial charge >= 0.3 is 0 Å². The molecule has 0 heterocycles. The Kier molecular flexibility index (Phi) is 9.42. The predicted molar refractivity (Wildman–Crippen MR) is 65.0 cm³/mol. The Labute approximate surface area is 98.0 Å². The zero-order chi connectivity index (χ0) is 13.2. The highest BCUT2D eigenvalue weighted by atomic mass is 16.3. The summed E-state index contributed by atoms with van der Waals surface area (Å²) in [6, 6.07) is 0. The van der Waals surface area contributed by atoms with Crippen molar-refractivity contribution in [3.05, 3.63) is 0 Å². The zero-order valence-corrected chi connectivity index (χ0v) is 10.8. The number of carbonyl (C=O) groups is 1. The van der Waals surface area contributed by atoms with Crippen LogP contribution in [0.4, 0.5) is 0 Å². The Balaban J connectivity index is 0. The van der Waals surface area contributed by atoms with Gasteiger partial charge in [0.15, 0.2) is 0 Å². The lowest BCUT2D eigenvalue weighted by Crippen LogP contribution is -2.38. The number of nitrogens with one attached hydrogen (secondary N) is 1. The van der Waals surface area contributed by atoms with Gasteiger partial charge in [-0.1, -0.05) is 0 Å². The summed E-state index contributed by atoms with van der Waals surface area (Å²) in [6.45, 7) is 7.79. The third-order valence-corrected chi connectivity index (χ3v) is 1.94. The molecule has 5 N–H and O–H groups in total. The van der Waals surface area contributed by atoms with Crippen molar-refractivity contribution in [2.75, 3.05) is 13.2 Å². The molecule has 0 unspecified atom stereocenters. The molecule has 0 aromatic carbocycles. The Bertz CT molecular complexity index is 177.